The summed E-state index contributed by atoms with van der Waals surface area (Å²) in [7, 11) is 0. The Balaban J connectivity index is 1.49. The lowest BCUT2D eigenvalue weighted by Crippen LogP contribution is -2.20. The third-order valence-electron chi connectivity index (χ3n) is 3.82. The van der Waals surface area contributed by atoms with Gasteiger partial charge in [0.1, 0.15) is 17.3 Å². The number of amides is 1. The van der Waals surface area contributed by atoms with Gasteiger partial charge in [0.25, 0.3) is 5.91 Å². The fourth-order valence-corrected chi connectivity index (χ4v) is 2.42. The molecule has 0 bridgehead atoms. The Morgan fingerprint density at radius 3 is 2.36 bits per heavy atom. The molecule has 0 atom stereocenters. The fourth-order valence-electron chi connectivity index (χ4n) is 2.42. The molecule has 4 N–H and O–H groups in total. The van der Waals surface area contributed by atoms with Gasteiger partial charge in [-0.1, -0.05) is 6.92 Å². The topological polar surface area (TPSA) is 115 Å². The second-order valence-electron chi connectivity index (χ2n) is 6.04. The molecule has 0 saturated carbocycles. The highest BCUT2D eigenvalue weighted by atomic mass is 16.5. The molecule has 146 valence electrons. The van der Waals surface area contributed by atoms with E-state index in [4.69, 9.17) is 15.2 Å². The van der Waals surface area contributed by atoms with Crippen LogP contribution >= 0.6 is 0 Å². The number of aromatic nitrogens is 3. The van der Waals surface area contributed by atoms with Gasteiger partial charge in [-0.3, -0.25) is 9.89 Å². The Bertz CT molecular complexity index is 891. The van der Waals surface area contributed by atoms with Crippen molar-refractivity contribution in [3.05, 3.63) is 54.4 Å². The van der Waals surface area contributed by atoms with Gasteiger partial charge in [-0.25, -0.2) is 4.98 Å². The number of anilines is 1. The van der Waals surface area contributed by atoms with Crippen molar-refractivity contribution in [2.45, 2.75) is 19.9 Å². The maximum absolute atomic E-state index is 12.1. The molecule has 3 aromatic rings. The van der Waals surface area contributed by atoms with Gasteiger partial charge in [0.2, 0.25) is 0 Å². The summed E-state index contributed by atoms with van der Waals surface area (Å²) in [6.07, 6.45) is 0.951. The van der Waals surface area contributed by atoms with Crippen LogP contribution < -0.4 is 20.5 Å². The first-order chi connectivity index (χ1) is 13.7. The molecule has 1 amide bonds. The van der Waals surface area contributed by atoms with E-state index in [0.29, 0.717) is 36.2 Å². The fraction of sp³-hybridized carbons (Fsp3) is 0.250. The van der Waals surface area contributed by atoms with E-state index in [-0.39, 0.29) is 12.5 Å². The normalized spacial score (nSPS) is 10.5. The van der Waals surface area contributed by atoms with Crippen molar-refractivity contribution in [3.63, 3.8) is 0 Å². The van der Waals surface area contributed by atoms with Gasteiger partial charge in [0, 0.05) is 11.3 Å². The van der Waals surface area contributed by atoms with E-state index >= 15 is 0 Å². The van der Waals surface area contributed by atoms with Crippen molar-refractivity contribution in [1.29, 1.82) is 0 Å². The summed E-state index contributed by atoms with van der Waals surface area (Å²) in [6, 6.07) is 14.4. The molecule has 0 radical (unpaired) electrons. The smallest absolute Gasteiger partial charge is 0.262 e. The van der Waals surface area contributed by atoms with Crippen LogP contribution in [-0.4, -0.2) is 34.3 Å². The monoisotopic (exact) mass is 381 g/mol. The van der Waals surface area contributed by atoms with Crippen LogP contribution in [0.1, 0.15) is 19.2 Å². The molecule has 8 nitrogen and oxygen atoms in total. The number of aromatic amines is 1. The van der Waals surface area contributed by atoms with E-state index in [1.807, 2.05) is 24.3 Å². The highest BCUT2D eigenvalue weighted by Crippen LogP contribution is 2.19. The molecule has 0 fully saturated rings. The van der Waals surface area contributed by atoms with Crippen LogP contribution in [0.25, 0.3) is 11.4 Å². The molecule has 0 aliphatic carbocycles. The summed E-state index contributed by atoms with van der Waals surface area (Å²) in [6.45, 7) is 2.94. The summed E-state index contributed by atoms with van der Waals surface area (Å²) in [4.78, 5) is 16.4. The van der Waals surface area contributed by atoms with E-state index in [0.717, 1.165) is 17.7 Å². The van der Waals surface area contributed by atoms with Crippen molar-refractivity contribution < 1.29 is 14.3 Å². The third kappa shape index (κ3) is 5.31. The van der Waals surface area contributed by atoms with Crippen LogP contribution in [0.3, 0.4) is 0 Å². The maximum atomic E-state index is 12.1. The molecule has 0 spiro atoms. The van der Waals surface area contributed by atoms with Crippen molar-refractivity contribution in [3.8, 4) is 22.9 Å². The second-order valence-corrected chi connectivity index (χ2v) is 6.04. The molecule has 3 rings (SSSR count). The number of carbonyl (C=O) groups is 1. The minimum atomic E-state index is -0.248. The number of hydrogen-bond acceptors (Lipinski definition) is 6. The molecular weight excluding hydrogens is 358 g/mol. The van der Waals surface area contributed by atoms with Crippen LogP contribution in [0.5, 0.6) is 11.5 Å². The van der Waals surface area contributed by atoms with Gasteiger partial charge in [-0.05, 0) is 55.0 Å². The van der Waals surface area contributed by atoms with Gasteiger partial charge in [-0.2, -0.15) is 5.10 Å². The summed E-state index contributed by atoms with van der Waals surface area (Å²) < 4.78 is 11.0. The van der Waals surface area contributed by atoms with Gasteiger partial charge >= 0.3 is 0 Å². The molecule has 2 aromatic carbocycles. The summed E-state index contributed by atoms with van der Waals surface area (Å²) in [5.41, 5.74) is 7.01. The van der Waals surface area contributed by atoms with Gasteiger partial charge < -0.3 is 20.5 Å². The Labute approximate surface area is 163 Å². The summed E-state index contributed by atoms with van der Waals surface area (Å²) >= 11 is 0. The Morgan fingerprint density at radius 1 is 1.07 bits per heavy atom. The Kier molecular flexibility index (Phi) is 6.59. The van der Waals surface area contributed by atoms with Crippen LogP contribution in [0.2, 0.25) is 0 Å². The largest absolute Gasteiger partial charge is 0.494 e. The first kappa shape index (κ1) is 19.4. The standard InChI is InChI=1S/C20H23N5O3/c1-2-11-27-16-7-9-17(10-8-16)28-13-19(26)22-15-5-3-14(4-6-15)20-23-18(12-21)24-25-20/h3-10H,2,11-13,21H2,1H3,(H,22,26)(H,23,24,25). The molecule has 28 heavy (non-hydrogen) atoms. The van der Waals surface area contributed by atoms with E-state index in [1.54, 1.807) is 24.3 Å². The lowest BCUT2D eigenvalue weighted by Gasteiger charge is -2.09. The molecule has 0 saturated heterocycles. The van der Waals surface area contributed by atoms with Crippen LogP contribution in [0.4, 0.5) is 5.69 Å². The van der Waals surface area contributed by atoms with Crippen LogP contribution in [0.15, 0.2) is 48.5 Å². The van der Waals surface area contributed by atoms with Crippen molar-refractivity contribution >= 4 is 11.6 Å². The number of ether oxygens (including phenoxy) is 2. The highest BCUT2D eigenvalue weighted by Gasteiger charge is 2.07. The van der Waals surface area contributed by atoms with Crippen molar-refractivity contribution in [1.82, 2.24) is 15.2 Å². The van der Waals surface area contributed by atoms with Gasteiger partial charge in [-0.15, -0.1) is 0 Å². The lowest BCUT2D eigenvalue weighted by molar-refractivity contribution is -0.118. The van der Waals surface area contributed by atoms with E-state index in [2.05, 4.69) is 27.4 Å². The maximum Gasteiger partial charge on any atom is 0.262 e. The zero-order valence-electron chi connectivity index (χ0n) is 15.6. The number of H-pyrrole nitrogens is 1. The minimum absolute atomic E-state index is 0.0856. The van der Waals surface area contributed by atoms with Crippen LogP contribution in [0, 0.1) is 0 Å². The first-order valence-corrected chi connectivity index (χ1v) is 9.05. The predicted octanol–water partition coefficient (Wildman–Crippen LogP) is 2.74. The number of carbonyl (C=O) groups excluding carboxylic acids is 1. The highest BCUT2D eigenvalue weighted by molar-refractivity contribution is 5.92. The van der Waals surface area contributed by atoms with E-state index < -0.39 is 0 Å². The predicted molar refractivity (Wildman–Crippen MR) is 106 cm³/mol. The molecule has 0 unspecified atom stereocenters. The molecule has 0 aliphatic rings. The average molecular weight is 381 g/mol. The molecule has 8 heteroatoms. The minimum Gasteiger partial charge on any atom is -0.494 e. The van der Waals surface area contributed by atoms with E-state index in [9.17, 15) is 4.79 Å². The van der Waals surface area contributed by atoms with Crippen molar-refractivity contribution in [2.75, 3.05) is 18.5 Å². The third-order valence-corrected chi connectivity index (χ3v) is 3.82. The first-order valence-electron chi connectivity index (χ1n) is 9.05. The second kappa shape index (κ2) is 9.52. The van der Waals surface area contributed by atoms with Crippen molar-refractivity contribution in [2.24, 2.45) is 5.73 Å². The number of nitrogens with two attached hydrogens (primary N) is 1. The molecule has 0 aliphatic heterocycles. The Morgan fingerprint density at radius 2 is 1.75 bits per heavy atom. The zero-order chi connectivity index (χ0) is 19.8. The molecule has 1 aromatic heterocycles. The summed E-state index contributed by atoms with van der Waals surface area (Å²) in [5.74, 6) is 2.32. The lowest BCUT2D eigenvalue weighted by atomic mass is 10.2. The number of nitrogens with one attached hydrogen (secondary N) is 2. The van der Waals surface area contributed by atoms with E-state index in [1.165, 1.54) is 0 Å². The number of nitrogens with zero attached hydrogens (tertiary/aromatic N) is 2. The quantitative estimate of drug-likeness (QED) is 0.525. The van der Waals surface area contributed by atoms with Gasteiger partial charge in [0.05, 0.1) is 13.2 Å². The SMILES string of the molecule is CCCOc1ccc(OCC(=O)Nc2ccc(-c3n[nH]c(CN)n3)cc2)cc1. The zero-order valence-corrected chi connectivity index (χ0v) is 15.6. The average Bonchev–Trinajstić information content (AvgIpc) is 3.21. The molecular formula is C20H23N5O3. The van der Waals surface area contributed by atoms with Gasteiger partial charge in [0.15, 0.2) is 12.4 Å². The molecule has 1 heterocycles. The summed E-state index contributed by atoms with van der Waals surface area (Å²) in [5, 5.41) is 9.66. The number of hydrogen-bond donors (Lipinski definition) is 3. The number of benzene rings is 2. The Hall–Kier alpha value is -3.39. The number of rotatable bonds is 9. The van der Waals surface area contributed by atoms with Crippen LogP contribution in [-0.2, 0) is 11.3 Å².